The van der Waals surface area contributed by atoms with Crippen LogP contribution in [0.15, 0.2) is 0 Å². The van der Waals surface area contributed by atoms with Gasteiger partial charge >= 0.3 is 0 Å². The van der Waals surface area contributed by atoms with Crippen molar-refractivity contribution in [1.82, 2.24) is 0 Å². The van der Waals surface area contributed by atoms with E-state index in [-0.39, 0.29) is 25.4 Å². The highest BCUT2D eigenvalue weighted by molar-refractivity contribution is 7.45. The van der Waals surface area contributed by atoms with Crippen LogP contribution in [-0.2, 0) is 27.8 Å². The number of rotatable bonds is 21. The number of phosphoric ester groups is 1. The number of unbranched alkanes of at least 4 members (excludes halogenated alkanes) is 13. The molecule has 196 valence electrons. The Labute approximate surface area is 201 Å². The van der Waals surface area contributed by atoms with Crippen LogP contribution >= 0.6 is 7.82 Å². The molecule has 2 heterocycles. The fraction of sp³-hybridized carbons (Fsp3) is 1.00. The van der Waals surface area contributed by atoms with Crippen molar-refractivity contribution < 1.29 is 32.7 Å². The minimum absolute atomic E-state index is 0.119. The molecule has 2 rings (SSSR count). The Bertz CT molecular complexity index is 533. The zero-order chi connectivity index (χ0) is 23.8. The van der Waals surface area contributed by atoms with Gasteiger partial charge in [-0.2, -0.15) is 0 Å². The molecular formula is C25H48O7P-. The Morgan fingerprint density at radius 2 is 1.18 bits per heavy atom. The van der Waals surface area contributed by atoms with E-state index in [9.17, 15) is 9.46 Å². The lowest BCUT2D eigenvalue weighted by Gasteiger charge is -2.27. The first-order valence-electron chi connectivity index (χ1n) is 13.6. The normalized spacial score (nSPS) is 26.5. The van der Waals surface area contributed by atoms with Gasteiger partial charge in [0.25, 0.3) is 7.82 Å². The Balaban J connectivity index is 1.42. The van der Waals surface area contributed by atoms with Gasteiger partial charge in [0.15, 0.2) is 0 Å². The molecule has 0 aromatic heterocycles. The summed E-state index contributed by atoms with van der Waals surface area (Å²) in [6, 6.07) is 0. The summed E-state index contributed by atoms with van der Waals surface area (Å²) in [5, 5.41) is 0. The second-order valence-corrected chi connectivity index (χ2v) is 10.9. The molecule has 0 radical (unpaired) electrons. The molecule has 3 unspecified atom stereocenters. The van der Waals surface area contributed by atoms with Crippen molar-refractivity contribution in [2.45, 2.75) is 135 Å². The Morgan fingerprint density at radius 1 is 0.697 bits per heavy atom. The quantitative estimate of drug-likeness (QED) is 0.145. The van der Waals surface area contributed by atoms with Crippen molar-refractivity contribution >= 4 is 7.82 Å². The van der Waals surface area contributed by atoms with Crippen molar-refractivity contribution in [3.63, 3.8) is 0 Å². The van der Waals surface area contributed by atoms with E-state index in [0.717, 1.165) is 6.42 Å². The van der Waals surface area contributed by atoms with Crippen LogP contribution in [0.25, 0.3) is 0 Å². The van der Waals surface area contributed by atoms with Crippen molar-refractivity contribution in [1.29, 1.82) is 0 Å². The minimum Gasteiger partial charge on any atom is -0.756 e. The van der Waals surface area contributed by atoms with Gasteiger partial charge in [0.05, 0.1) is 19.8 Å². The third-order valence-corrected chi connectivity index (χ3v) is 7.54. The fourth-order valence-corrected chi connectivity index (χ4v) is 5.57. The summed E-state index contributed by atoms with van der Waals surface area (Å²) in [4.78, 5) is 11.9. The highest BCUT2D eigenvalue weighted by atomic mass is 31.2. The van der Waals surface area contributed by atoms with Crippen LogP contribution < -0.4 is 4.89 Å². The van der Waals surface area contributed by atoms with Gasteiger partial charge in [0.2, 0.25) is 0 Å². The van der Waals surface area contributed by atoms with Gasteiger partial charge in [-0.25, -0.2) is 0 Å². The average molecular weight is 492 g/mol. The molecule has 0 aromatic carbocycles. The Hall–Kier alpha value is -0.0100. The summed E-state index contributed by atoms with van der Waals surface area (Å²) in [5.74, 6) is 0. The van der Waals surface area contributed by atoms with E-state index in [2.05, 4.69) is 6.92 Å². The van der Waals surface area contributed by atoms with Gasteiger partial charge in [0.1, 0.15) is 24.4 Å². The van der Waals surface area contributed by atoms with E-state index in [1.807, 2.05) is 6.92 Å². The first-order valence-corrected chi connectivity index (χ1v) is 15.0. The third-order valence-electron chi connectivity index (χ3n) is 6.51. The minimum atomic E-state index is -4.33. The maximum Gasteiger partial charge on any atom is 0.268 e. The van der Waals surface area contributed by atoms with Gasteiger partial charge in [-0.3, -0.25) is 4.57 Å². The maximum atomic E-state index is 11.9. The van der Waals surface area contributed by atoms with Crippen LogP contribution in [0.3, 0.4) is 0 Å². The lowest BCUT2D eigenvalue weighted by molar-refractivity contribution is -0.232. The summed E-state index contributed by atoms with van der Waals surface area (Å²) < 4.78 is 39.3. The molecule has 0 saturated carbocycles. The van der Waals surface area contributed by atoms with Gasteiger partial charge in [-0.15, -0.1) is 0 Å². The largest absolute Gasteiger partial charge is 0.756 e. The highest BCUT2D eigenvalue weighted by Gasteiger charge is 2.49. The topological polar surface area (TPSA) is 86.3 Å². The second kappa shape index (κ2) is 17.4. The van der Waals surface area contributed by atoms with Crippen molar-refractivity contribution in [2.75, 3.05) is 26.4 Å². The summed E-state index contributed by atoms with van der Waals surface area (Å²) >= 11 is 0. The van der Waals surface area contributed by atoms with E-state index in [4.69, 9.17) is 23.3 Å². The first-order chi connectivity index (χ1) is 16.1. The Morgan fingerprint density at radius 3 is 1.73 bits per heavy atom. The van der Waals surface area contributed by atoms with Crippen LogP contribution in [0, 0.1) is 0 Å². The van der Waals surface area contributed by atoms with E-state index in [1.165, 1.54) is 83.5 Å². The zero-order valence-corrected chi connectivity index (χ0v) is 21.9. The number of fused-ring (bicyclic) bond motifs is 1. The van der Waals surface area contributed by atoms with E-state index in [0.29, 0.717) is 19.6 Å². The van der Waals surface area contributed by atoms with Gasteiger partial charge in [-0.05, 0) is 12.8 Å². The van der Waals surface area contributed by atoms with Crippen molar-refractivity contribution in [3.8, 4) is 0 Å². The van der Waals surface area contributed by atoms with Crippen LogP contribution in [0.1, 0.15) is 110 Å². The van der Waals surface area contributed by atoms with Gasteiger partial charge < -0.3 is 28.2 Å². The number of phosphoric acid groups is 1. The molecular weight excluding hydrogens is 443 g/mol. The molecule has 0 N–H and O–H groups in total. The lowest BCUT2D eigenvalue weighted by atomic mass is 10.0. The van der Waals surface area contributed by atoms with E-state index < -0.39 is 20.0 Å². The molecule has 0 aromatic rings. The van der Waals surface area contributed by atoms with E-state index in [1.54, 1.807) is 0 Å². The van der Waals surface area contributed by atoms with Gasteiger partial charge in [0, 0.05) is 6.61 Å². The average Bonchev–Trinajstić information content (AvgIpc) is 3.38. The molecule has 2 saturated heterocycles. The second-order valence-electron chi connectivity index (χ2n) is 9.53. The van der Waals surface area contributed by atoms with Crippen LogP contribution in [-0.4, -0.2) is 50.8 Å². The molecule has 0 aliphatic carbocycles. The molecule has 0 amide bonds. The van der Waals surface area contributed by atoms with Crippen molar-refractivity contribution in [3.05, 3.63) is 0 Å². The lowest BCUT2D eigenvalue weighted by Crippen LogP contribution is -2.34. The molecule has 33 heavy (non-hydrogen) atoms. The molecule has 8 heteroatoms. The highest BCUT2D eigenvalue weighted by Crippen LogP contribution is 2.44. The standard InChI is InChI=1S/C25H49O7P/c1-3-5-6-7-8-9-10-11-12-13-14-15-16-17-19-28-22-20-29-25-23(21-30-24(22)25)32-33(26,27)31-18-4-2/h22-25H,3-21H2,1-2H3,(H,26,27)/p-1/t22-,23-,24?,25?/m1/s1. The molecule has 0 spiro atoms. The molecule has 2 fully saturated rings. The summed E-state index contributed by atoms with van der Waals surface area (Å²) in [6.07, 6.45) is 17.8. The number of hydrogen-bond donors (Lipinski definition) is 0. The molecule has 2 aliphatic heterocycles. The number of hydrogen-bond acceptors (Lipinski definition) is 7. The predicted octanol–water partition coefficient (Wildman–Crippen LogP) is 5.93. The summed E-state index contributed by atoms with van der Waals surface area (Å²) in [5.41, 5.74) is 0. The van der Waals surface area contributed by atoms with Crippen LogP contribution in [0.5, 0.6) is 0 Å². The molecule has 7 nitrogen and oxygen atoms in total. The predicted molar refractivity (Wildman–Crippen MR) is 128 cm³/mol. The maximum absolute atomic E-state index is 11.9. The first kappa shape index (κ1) is 29.2. The summed E-state index contributed by atoms with van der Waals surface area (Å²) in [7, 11) is -4.33. The van der Waals surface area contributed by atoms with Crippen LogP contribution in [0.2, 0.25) is 0 Å². The monoisotopic (exact) mass is 491 g/mol. The summed E-state index contributed by atoms with van der Waals surface area (Å²) in [6.45, 7) is 5.50. The zero-order valence-electron chi connectivity index (χ0n) is 21.0. The third kappa shape index (κ3) is 12.0. The molecule has 0 bridgehead atoms. The molecule has 2 aliphatic rings. The smallest absolute Gasteiger partial charge is 0.268 e. The van der Waals surface area contributed by atoms with E-state index >= 15 is 0 Å². The fourth-order valence-electron chi connectivity index (χ4n) is 4.59. The van der Waals surface area contributed by atoms with Crippen molar-refractivity contribution in [2.24, 2.45) is 0 Å². The number of ether oxygens (including phenoxy) is 3. The van der Waals surface area contributed by atoms with Crippen LogP contribution in [0.4, 0.5) is 0 Å². The van der Waals surface area contributed by atoms with Gasteiger partial charge in [-0.1, -0.05) is 97.3 Å². The molecule has 5 atom stereocenters. The Kier molecular flexibility index (Phi) is 15.4. The SMILES string of the molecule is CCCCCCCCCCCCCCCCO[C@@H]1COC2C1OC[C@H]2OP(=O)([O-])OCCC.